The maximum Gasteiger partial charge on any atom is 0.340 e. The zero-order valence-electron chi connectivity index (χ0n) is 12.1. The Kier molecular flexibility index (Phi) is 12.1. The lowest BCUT2D eigenvalue weighted by molar-refractivity contribution is -0.159. The highest BCUT2D eigenvalue weighted by Crippen LogP contribution is 1.94. The molecule has 2 N–H and O–H groups in total. The van der Waals surface area contributed by atoms with E-state index in [0.29, 0.717) is 0 Å². The van der Waals surface area contributed by atoms with Crippen molar-refractivity contribution in [1.29, 1.82) is 0 Å². The predicted molar refractivity (Wildman–Crippen MR) is 68.8 cm³/mol. The van der Waals surface area contributed by atoms with E-state index in [4.69, 9.17) is 5.11 Å². The third-order valence-electron chi connectivity index (χ3n) is 1.69. The molecule has 0 radical (unpaired) electrons. The SMILES string of the molecule is CCC(=O)O.CCOC(=O)C(NC(C)=O)C(=O)OCC. The van der Waals surface area contributed by atoms with Gasteiger partial charge in [0.15, 0.2) is 0 Å². The van der Waals surface area contributed by atoms with Crippen LogP contribution in [0.1, 0.15) is 34.1 Å². The highest BCUT2D eigenvalue weighted by molar-refractivity contribution is 6.02. The van der Waals surface area contributed by atoms with Gasteiger partial charge < -0.3 is 19.9 Å². The van der Waals surface area contributed by atoms with Crippen molar-refractivity contribution < 1.29 is 33.8 Å². The molecule has 0 aromatic rings. The molecule has 0 atom stereocenters. The van der Waals surface area contributed by atoms with Gasteiger partial charge in [-0.2, -0.15) is 0 Å². The van der Waals surface area contributed by atoms with Gasteiger partial charge in [0.25, 0.3) is 0 Å². The number of nitrogens with one attached hydrogen (secondary N) is 1. The van der Waals surface area contributed by atoms with Crippen molar-refractivity contribution in [3.8, 4) is 0 Å². The van der Waals surface area contributed by atoms with Crippen LogP contribution in [0.2, 0.25) is 0 Å². The number of esters is 2. The molecule has 8 heteroatoms. The second-order valence-corrected chi connectivity index (χ2v) is 3.38. The predicted octanol–water partition coefficient (Wildman–Crippen LogP) is 0.0983. The number of carbonyl (C=O) groups excluding carboxylic acids is 3. The van der Waals surface area contributed by atoms with E-state index in [0.717, 1.165) is 0 Å². The first-order valence-electron chi connectivity index (χ1n) is 6.12. The van der Waals surface area contributed by atoms with Crippen LogP contribution in [0.25, 0.3) is 0 Å². The fraction of sp³-hybridized carbons (Fsp3) is 0.667. The normalized spacial score (nSPS) is 9.05. The minimum Gasteiger partial charge on any atom is -0.481 e. The Hall–Kier alpha value is -2.12. The van der Waals surface area contributed by atoms with E-state index in [2.05, 4.69) is 14.8 Å². The number of carboxylic acid groups (broad SMARTS) is 1. The van der Waals surface area contributed by atoms with E-state index in [1.165, 1.54) is 6.92 Å². The number of aliphatic carboxylic acids is 1. The number of amides is 1. The maximum atomic E-state index is 11.3. The topological polar surface area (TPSA) is 119 Å². The number of hydrogen-bond donors (Lipinski definition) is 2. The van der Waals surface area contributed by atoms with Gasteiger partial charge in [-0.05, 0) is 13.8 Å². The van der Waals surface area contributed by atoms with Crippen molar-refractivity contribution >= 4 is 23.8 Å². The van der Waals surface area contributed by atoms with Gasteiger partial charge in [-0.3, -0.25) is 9.59 Å². The van der Waals surface area contributed by atoms with Crippen LogP contribution in [0.15, 0.2) is 0 Å². The highest BCUT2D eigenvalue weighted by atomic mass is 16.6. The average Bonchev–Trinajstić information content (AvgIpc) is 2.36. The van der Waals surface area contributed by atoms with Crippen molar-refractivity contribution in [2.45, 2.75) is 40.2 Å². The first kappa shape index (κ1) is 20.2. The monoisotopic (exact) mass is 291 g/mol. The third-order valence-corrected chi connectivity index (χ3v) is 1.69. The molecule has 0 aromatic heterocycles. The fourth-order valence-corrected chi connectivity index (χ4v) is 0.869. The van der Waals surface area contributed by atoms with Crippen LogP contribution in [-0.4, -0.2) is 48.2 Å². The number of rotatable bonds is 6. The summed E-state index contributed by atoms with van der Waals surface area (Å²) in [6.45, 7) is 6.28. The minimum absolute atomic E-state index is 0.133. The zero-order chi connectivity index (χ0) is 16.1. The largest absolute Gasteiger partial charge is 0.481 e. The molecule has 0 saturated carbocycles. The number of carbonyl (C=O) groups is 4. The second kappa shape index (κ2) is 11.9. The van der Waals surface area contributed by atoms with Crippen LogP contribution in [-0.2, 0) is 28.7 Å². The Morgan fingerprint density at radius 1 is 1.00 bits per heavy atom. The lowest BCUT2D eigenvalue weighted by Gasteiger charge is -2.14. The summed E-state index contributed by atoms with van der Waals surface area (Å²) in [5.41, 5.74) is 0. The molecule has 0 rings (SSSR count). The number of ether oxygens (including phenoxy) is 2. The van der Waals surface area contributed by atoms with Crippen LogP contribution in [0, 0.1) is 0 Å². The molecule has 0 bridgehead atoms. The standard InChI is InChI=1S/C9H15NO5.C3H6O2/c1-4-14-8(12)7(10-6(3)11)9(13)15-5-2;1-2-3(4)5/h7H,4-5H2,1-3H3,(H,10,11);2H2,1H3,(H,4,5). The van der Waals surface area contributed by atoms with E-state index in [1.54, 1.807) is 20.8 Å². The number of carboxylic acids is 1. The van der Waals surface area contributed by atoms with Gasteiger partial charge in [-0.25, -0.2) is 9.59 Å². The Balaban J connectivity index is 0. The fourth-order valence-electron chi connectivity index (χ4n) is 0.869. The summed E-state index contributed by atoms with van der Waals surface area (Å²) < 4.78 is 9.24. The second-order valence-electron chi connectivity index (χ2n) is 3.38. The quantitative estimate of drug-likeness (QED) is 0.526. The van der Waals surface area contributed by atoms with Gasteiger partial charge in [0.2, 0.25) is 11.9 Å². The summed E-state index contributed by atoms with van der Waals surface area (Å²) in [4.78, 5) is 42.6. The van der Waals surface area contributed by atoms with E-state index in [-0.39, 0.29) is 19.6 Å². The molecule has 0 aliphatic heterocycles. The maximum absolute atomic E-state index is 11.3. The van der Waals surface area contributed by atoms with Gasteiger partial charge in [0.05, 0.1) is 13.2 Å². The molecule has 0 spiro atoms. The molecular formula is C12H21NO7. The first-order chi connectivity index (χ1) is 9.29. The molecule has 0 saturated heterocycles. The third kappa shape index (κ3) is 11.0. The van der Waals surface area contributed by atoms with Crippen molar-refractivity contribution in [2.24, 2.45) is 0 Å². The van der Waals surface area contributed by atoms with Crippen LogP contribution in [0.4, 0.5) is 0 Å². The average molecular weight is 291 g/mol. The minimum atomic E-state index is -1.37. The lowest BCUT2D eigenvalue weighted by atomic mass is 10.3. The van der Waals surface area contributed by atoms with Crippen molar-refractivity contribution in [3.05, 3.63) is 0 Å². The van der Waals surface area contributed by atoms with E-state index < -0.39 is 29.9 Å². The van der Waals surface area contributed by atoms with Crippen LogP contribution >= 0.6 is 0 Å². The van der Waals surface area contributed by atoms with E-state index in [9.17, 15) is 19.2 Å². The first-order valence-corrected chi connectivity index (χ1v) is 6.12. The summed E-state index contributed by atoms with van der Waals surface area (Å²) >= 11 is 0. The molecule has 1 amide bonds. The smallest absolute Gasteiger partial charge is 0.340 e. The Bertz CT molecular complexity index is 323. The Morgan fingerprint density at radius 3 is 1.55 bits per heavy atom. The molecule has 0 heterocycles. The molecule has 0 aliphatic rings. The summed E-state index contributed by atoms with van der Waals surface area (Å²) in [7, 11) is 0. The number of hydrogen-bond acceptors (Lipinski definition) is 6. The van der Waals surface area contributed by atoms with Crippen molar-refractivity contribution in [1.82, 2.24) is 5.32 Å². The van der Waals surface area contributed by atoms with Crippen LogP contribution in [0.3, 0.4) is 0 Å². The molecule has 0 aliphatic carbocycles. The highest BCUT2D eigenvalue weighted by Gasteiger charge is 2.30. The molecular weight excluding hydrogens is 270 g/mol. The molecule has 0 unspecified atom stereocenters. The summed E-state index contributed by atoms with van der Waals surface area (Å²) in [6.07, 6.45) is 0.222. The molecule has 20 heavy (non-hydrogen) atoms. The van der Waals surface area contributed by atoms with Crippen molar-refractivity contribution in [2.75, 3.05) is 13.2 Å². The summed E-state index contributed by atoms with van der Waals surface area (Å²) in [5, 5.41) is 9.88. The van der Waals surface area contributed by atoms with Crippen LogP contribution in [0.5, 0.6) is 0 Å². The van der Waals surface area contributed by atoms with Gasteiger partial charge in [0, 0.05) is 13.3 Å². The Labute approximate surface area is 117 Å². The molecule has 8 nitrogen and oxygen atoms in total. The van der Waals surface area contributed by atoms with Crippen LogP contribution < -0.4 is 5.32 Å². The molecule has 116 valence electrons. The molecule has 0 fully saturated rings. The van der Waals surface area contributed by atoms with Gasteiger partial charge in [-0.15, -0.1) is 0 Å². The summed E-state index contributed by atoms with van der Waals surface area (Å²) in [5.74, 6) is -2.87. The van der Waals surface area contributed by atoms with Gasteiger partial charge in [0.1, 0.15) is 0 Å². The lowest BCUT2D eigenvalue weighted by Crippen LogP contribution is -2.47. The van der Waals surface area contributed by atoms with E-state index in [1.807, 2.05) is 0 Å². The molecule has 0 aromatic carbocycles. The van der Waals surface area contributed by atoms with E-state index >= 15 is 0 Å². The Morgan fingerprint density at radius 2 is 1.35 bits per heavy atom. The van der Waals surface area contributed by atoms with Gasteiger partial charge >= 0.3 is 17.9 Å². The zero-order valence-corrected chi connectivity index (χ0v) is 12.1. The van der Waals surface area contributed by atoms with Crippen molar-refractivity contribution in [3.63, 3.8) is 0 Å². The summed E-state index contributed by atoms with van der Waals surface area (Å²) in [6, 6.07) is -1.37. The van der Waals surface area contributed by atoms with Gasteiger partial charge in [-0.1, -0.05) is 6.92 Å².